The van der Waals surface area contributed by atoms with Crippen LogP contribution in [0, 0.1) is 17.8 Å². The molecule has 0 rings (SSSR count). The minimum Gasteiger partial charge on any atom is -0.170 e. The molecule has 1 atom stereocenters. The van der Waals surface area contributed by atoms with Gasteiger partial charge in [-0.3, -0.25) is 0 Å². The zero-order valence-electron chi connectivity index (χ0n) is 10.3. The van der Waals surface area contributed by atoms with Crippen molar-refractivity contribution in [1.29, 1.82) is 0 Å². The van der Waals surface area contributed by atoms with E-state index in [0.29, 0.717) is 0 Å². The van der Waals surface area contributed by atoms with Gasteiger partial charge in [0.25, 0.3) is 0 Å². The van der Waals surface area contributed by atoms with Crippen molar-refractivity contribution in [3.8, 4) is 0 Å². The van der Waals surface area contributed by atoms with E-state index < -0.39 is 56.6 Å². The van der Waals surface area contributed by atoms with E-state index in [9.17, 15) is 57.3 Å². The second-order valence-electron chi connectivity index (χ2n) is 4.32. The first kappa shape index (κ1) is 22.2. The lowest BCUT2D eigenvalue weighted by atomic mass is 9.80. The minimum atomic E-state index is -6.54. The molecule has 0 aliphatic heterocycles. The predicted octanol–water partition coefficient (Wildman–Crippen LogP) is 4.82. The van der Waals surface area contributed by atoms with Crippen molar-refractivity contribution in [1.82, 2.24) is 0 Å². The Labute approximate surface area is 120 Å². The van der Waals surface area contributed by atoms with Crippen LogP contribution in [0.2, 0.25) is 0 Å². The number of hydrogen-bond acceptors (Lipinski definition) is 1. The Bertz CT molecular complexity index is 359. The summed E-state index contributed by atoms with van der Waals surface area (Å²) in [5, 5.41) is 0. The van der Waals surface area contributed by atoms with Gasteiger partial charge in [0.05, 0.1) is 0 Å². The fourth-order valence-corrected chi connectivity index (χ4v) is 2.71. The average Bonchev–Trinajstić information content (AvgIpc) is 2.04. The van der Waals surface area contributed by atoms with Gasteiger partial charge in [0, 0.05) is 5.92 Å². The maximum absolute atomic E-state index is 12.4. The molecule has 0 aromatic rings. The van der Waals surface area contributed by atoms with Crippen LogP contribution in [-0.4, -0.2) is 35.8 Å². The summed E-state index contributed by atoms with van der Waals surface area (Å²) in [4.78, 5) is 8.32. The molecule has 2 nitrogen and oxygen atoms in total. The maximum Gasteiger partial charge on any atom is 0.505 e. The molecule has 0 aromatic heterocycles. The van der Waals surface area contributed by atoms with Crippen molar-refractivity contribution in [2.75, 3.05) is 6.16 Å². The Kier molecular flexibility index (Phi) is 6.39. The summed E-state index contributed by atoms with van der Waals surface area (Å²) in [7, 11) is -4.14. The summed E-state index contributed by atoms with van der Waals surface area (Å²) in [6, 6.07) is 0. The first-order chi connectivity index (χ1) is 9.79. The van der Waals surface area contributed by atoms with Crippen molar-refractivity contribution in [3.63, 3.8) is 0 Å². The molecule has 23 heavy (non-hydrogen) atoms. The molecule has 0 heterocycles. The predicted molar refractivity (Wildman–Crippen MR) is 49.4 cm³/mol. The van der Waals surface area contributed by atoms with Crippen LogP contribution < -0.4 is 0 Å². The Morgan fingerprint density at radius 3 is 1.00 bits per heavy atom. The number of alkyl halides is 12. The van der Waals surface area contributed by atoms with Gasteiger partial charge in [0.15, 0.2) is 18.0 Å². The second-order valence-corrected chi connectivity index (χ2v) is 5.39. The van der Waals surface area contributed by atoms with Crippen molar-refractivity contribution in [2.24, 2.45) is 17.8 Å². The van der Waals surface area contributed by atoms with E-state index >= 15 is 0 Å². The average molecular weight is 393 g/mol. The van der Waals surface area contributed by atoms with E-state index in [4.69, 9.17) is 4.89 Å². The molecule has 1 N–H and O–H groups in total. The standard InChI is InChI=1S/C8H5F12O2P/c9-5(10,11)3(6(12,13)14)2(1-23(21)22)4(7(15,16)17)8(18,19)20/h2-4H,1H2/p+1. The first-order valence-electron chi connectivity index (χ1n) is 5.20. The molecular weight excluding hydrogens is 387 g/mol. The number of hydrogen-bond donors (Lipinski definition) is 1. The van der Waals surface area contributed by atoms with Crippen LogP contribution in [0.15, 0.2) is 0 Å². The first-order valence-corrected chi connectivity index (χ1v) is 6.59. The quantitative estimate of drug-likeness (QED) is 0.550. The highest BCUT2D eigenvalue weighted by molar-refractivity contribution is 7.38. The molecule has 0 aliphatic rings. The van der Waals surface area contributed by atoms with Crippen LogP contribution >= 0.6 is 8.03 Å². The molecule has 0 fully saturated rings. The zero-order valence-corrected chi connectivity index (χ0v) is 11.2. The molecule has 1 unspecified atom stereocenters. The van der Waals surface area contributed by atoms with Gasteiger partial charge >= 0.3 is 32.7 Å². The lowest BCUT2D eigenvalue weighted by Crippen LogP contribution is -2.52. The third-order valence-corrected chi connectivity index (χ3v) is 3.37. The number of rotatable bonds is 4. The fourth-order valence-electron chi connectivity index (χ4n) is 1.93. The highest BCUT2D eigenvalue weighted by Crippen LogP contribution is 2.54. The van der Waals surface area contributed by atoms with Crippen LogP contribution in [0.3, 0.4) is 0 Å². The lowest BCUT2D eigenvalue weighted by Gasteiger charge is -2.35. The van der Waals surface area contributed by atoms with Crippen molar-refractivity contribution in [3.05, 3.63) is 0 Å². The van der Waals surface area contributed by atoms with Gasteiger partial charge in [-0.05, 0) is 4.57 Å². The summed E-state index contributed by atoms with van der Waals surface area (Å²) >= 11 is 0. The normalized spacial score (nSPS) is 15.7. The van der Waals surface area contributed by atoms with Crippen LogP contribution in [0.5, 0.6) is 0 Å². The van der Waals surface area contributed by atoms with Crippen LogP contribution in [0.4, 0.5) is 52.7 Å². The van der Waals surface area contributed by atoms with Gasteiger partial charge in [0.1, 0.15) is 0 Å². The molecule has 15 heteroatoms. The van der Waals surface area contributed by atoms with Crippen molar-refractivity contribution < 1.29 is 62.1 Å². The molecule has 0 radical (unpaired) electrons. The largest absolute Gasteiger partial charge is 0.505 e. The molecule has 0 saturated heterocycles. The van der Waals surface area contributed by atoms with Crippen molar-refractivity contribution >= 4 is 8.03 Å². The van der Waals surface area contributed by atoms with E-state index in [0.717, 1.165) is 0 Å². The second kappa shape index (κ2) is 6.61. The highest BCUT2D eigenvalue weighted by atomic mass is 31.1. The maximum atomic E-state index is 12.4. The lowest BCUT2D eigenvalue weighted by molar-refractivity contribution is -0.344. The van der Waals surface area contributed by atoms with Gasteiger partial charge in [-0.1, -0.05) is 0 Å². The summed E-state index contributed by atoms with van der Waals surface area (Å²) in [5.41, 5.74) is 0. The molecular formula is C8H6F12O2P+. The molecule has 0 aromatic carbocycles. The third-order valence-electron chi connectivity index (χ3n) is 2.63. The molecule has 0 spiro atoms. The monoisotopic (exact) mass is 393 g/mol. The van der Waals surface area contributed by atoms with Gasteiger partial charge in [0.2, 0.25) is 0 Å². The summed E-state index contributed by atoms with van der Waals surface area (Å²) in [6.45, 7) is 0. The Balaban J connectivity index is 6.33. The van der Waals surface area contributed by atoms with Crippen LogP contribution in [0.25, 0.3) is 0 Å². The zero-order chi connectivity index (χ0) is 19.0. The summed E-state index contributed by atoms with van der Waals surface area (Å²) in [6.07, 6.45) is -28.6. The Morgan fingerprint density at radius 2 is 0.870 bits per heavy atom. The summed E-state index contributed by atoms with van der Waals surface area (Å²) in [5.74, 6) is -14.4. The third kappa shape index (κ3) is 6.32. The highest BCUT2D eigenvalue weighted by Gasteiger charge is 2.71. The van der Waals surface area contributed by atoms with Crippen LogP contribution in [-0.2, 0) is 4.57 Å². The molecule has 0 saturated carbocycles. The SMILES string of the molecule is O=[P+](O)CC(C(C(F)(F)F)C(F)(F)F)C(C(F)(F)F)C(F)(F)F. The van der Waals surface area contributed by atoms with Gasteiger partial charge < -0.3 is 0 Å². The smallest absolute Gasteiger partial charge is 0.170 e. The Morgan fingerprint density at radius 1 is 0.652 bits per heavy atom. The molecule has 0 bridgehead atoms. The number of halogens is 12. The van der Waals surface area contributed by atoms with E-state index in [1.54, 1.807) is 0 Å². The van der Waals surface area contributed by atoms with Gasteiger partial charge in [-0.2, -0.15) is 57.6 Å². The van der Waals surface area contributed by atoms with E-state index in [2.05, 4.69) is 0 Å². The molecule has 0 amide bonds. The topological polar surface area (TPSA) is 37.3 Å². The molecule has 0 aliphatic carbocycles. The van der Waals surface area contributed by atoms with Gasteiger partial charge in [-0.25, -0.2) is 0 Å². The van der Waals surface area contributed by atoms with E-state index in [-0.39, 0.29) is 0 Å². The summed E-state index contributed by atoms with van der Waals surface area (Å²) < 4.78 is 159. The molecule has 138 valence electrons. The van der Waals surface area contributed by atoms with E-state index in [1.807, 2.05) is 0 Å². The Hall–Kier alpha value is -0.780. The van der Waals surface area contributed by atoms with Crippen LogP contribution in [0.1, 0.15) is 0 Å². The fraction of sp³-hybridized carbons (Fsp3) is 1.00. The van der Waals surface area contributed by atoms with Gasteiger partial charge in [-0.15, -0.1) is 0 Å². The minimum absolute atomic E-state index is 2.48. The van der Waals surface area contributed by atoms with E-state index in [1.165, 1.54) is 0 Å². The van der Waals surface area contributed by atoms with Crippen molar-refractivity contribution in [2.45, 2.75) is 24.7 Å².